The van der Waals surface area contributed by atoms with Gasteiger partial charge in [-0.15, -0.1) is 20.4 Å². The van der Waals surface area contributed by atoms with Crippen LogP contribution in [0, 0.1) is 0 Å². The maximum absolute atomic E-state index is 10.7. The summed E-state index contributed by atoms with van der Waals surface area (Å²) < 4.78 is 0. The van der Waals surface area contributed by atoms with Gasteiger partial charge >= 0.3 is 0 Å². The summed E-state index contributed by atoms with van der Waals surface area (Å²) in [6.45, 7) is 1.43. The first-order valence-corrected chi connectivity index (χ1v) is 3.45. The SMILES string of the molecule is CC(=O)C(N)Cc1nncnn1. The van der Waals surface area contributed by atoms with Crippen molar-refractivity contribution in [3.63, 3.8) is 0 Å². The van der Waals surface area contributed by atoms with Gasteiger partial charge in [-0.3, -0.25) is 4.79 Å². The molecule has 0 amide bonds. The lowest BCUT2D eigenvalue weighted by atomic mass is 10.1. The van der Waals surface area contributed by atoms with Crippen molar-refractivity contribution in [2.45, 2.75) is 19.4 Å². The average Bonchev–Trinajstić information content (AvgIpc) is 2.06. The summed E-state index contributed by atoms with van der Waals surface area (Å²) in [5.74, 6) is 0.294. The van der Waals surface area contributed by atoms with Crippen LogP contribution in [0.25, 0.3) is 0 Å². The van der Waals surface area contributed by atoms with Crippen molar-refractivity contribution in [2.75, 3.05) is 0 Å². The van der Waals surface area contributed by atoms with Crippen molar-refractivity contribution in [3.8, 4) is 0 Å². The summed E-state index contributed by atoms with van der Waals surface area (Å²) >= 11 is 0. The lowest BCUT2D eigenvalue weighted by molar-refractivity contribution is -0.118. The first-order valence-electron chi connectivity index (χ1n) is 3.45. The Balaban J connectivity index is 2.58. The molecule has 6 heteroatoms. The summed E-state index contributed by atoms with van der Waals surface area (Å²) in [7, 11) is 0. The summed E-state index contributed by atoms with van der Waals surface area (Å²) in [4.78, 5) is 10.7. The number of carbonyl (C=O) groups excluding carboxylic acids is 1. The molecule has 1 heterocycles. The van der Waals surface area contributed by atoms with Crippen molar-refractivity contribution < 1.29 is 4.79 Å². The quantitative estimate of drug-likeness (QED) is 0.602. The predicted molar refractivity (Wildman–Crippen MR) is 40.0 cm³/mol. The van der Waals surface area contributed by atoms with Gasteiger partial charge in [-0.2, -0.15) is 0 Å². The normalized spacial score (nSPS) is 12.5. The van der Waals surface area contributed by atoms with E-state index in [0.717, 1.165) is 0 Å². The van der Waals surface area contributed by atoms with E-state index >= 15 is 0 Å². The van der Waals surface area contributed by atoms with E-state index in [9.17, 15) is 4.79 Å². The van der Waals surface area contributed by atoms with Crippen LogP contribution in [0.1, 0.15) is 12.7 Å². The smallest absolute Gasteiger partial charge is 0.175 e. The Morgan fingerprint density at radius 1 is 1.58 bits per heavy atom. The molecule has 1 unspecified atom stereocenters. The summed E-state index contributed by atoms with van der Waals surface area (Å²) in [6, 6.07) is -0.559. The molecular formula is C6H9N5O. The summed E-state index contributed by atoms with van der Waals surface area (Å²) in [6.07, 6.45) is 1.51. The van der Waals surface area contributed by atoms with E-state index in [-0.39, 0.29) is 12.2 Å². The fourth-order valence-electron chi connectivity index (χ4n) is 0.650. The Bertz CT molecular complexity index is 262. The second-order valence-electron chi connectivity index (χ2n) is 2.38. The van der Waals surface area contributed by atoms with E-state index in [1.807, 2.05) is 0 Å². The highest BCUT2D eigenvalue weighted by Gasteiger charge is 2.10. The Kier molecular flexibility index (Phi) is 2.76. The molecule has 0 saturated carbocycles. The Labute approximate surface area is 69.2 Å². The van der Waals surface area contributed by atoms with Gasteiger partial charge < -0.3 is 5.73 Å². The van der Waals surface area contributed by atoms with Crippen molar-refractivity contribution >= 4 is 5.78 Å². The molecule has 2 N–H and O–H groups in total. The van der Waals surface area contributed by atoms with Crippen LogP contribution >= 0.6 is 0 Å². The number of hydrogen-bond acceptors (Lipinski definition) is 6. The Morgan fingerprint density at radius 3 is 2.67 bits per heavy atom. The van der Waals surface area contributed by atoms with Gasteiger partial charge in [-0.05, 0) is 6.92 Å². The molecule has 1 aromatic rings. The Hall–Kier alpha value is -1.43. The molecule has 0 radical (unpaired) electrons. The first-order chi connectivity index (χ1) is 5.70. The third-order valence-electron chi connectivity index (χ3n) is 1.37. The second kappa shape index (κ2) is 3.82. The zero-order chi connectivity index (χ0) is 8.97. The van der Waals surface area contributed by atoms with Crippen LogP contribution in [0.15, 0.2) is 6.33 Å². The molecule has 0 aromatic carbocycles. The number of hydrogen-bond donors (Lipinski definition) is 1. The topological polar surface area (TPSA) is 94.7 Å². The third-order valence-corrected chi connectivity index (χ3v) is 1.37. The van der Waals surface area contributed by atoms with Gasteiger partial charge in [0.25, 0.3) is 0 Å². The van der Waals surface area contributed by atoms with Crippen LogP contribution in [0.3, 0.4) is 0 Å². The number of nitrogens with zero attached hydrogens (tertiary/aromatic N) is 4. The van der Waals surface area contributed by atoms with E-state index in [4.69, 9.17) is 5.73 Å². The minimum atomic E-state index is -0.559. The summed E-state index contributed by atoms with van der Waals surface area (Å²) in [5.41, 5.74) is 5.46. The van der Waals surface area contributed by atoms with Gasteiger partial charge in [0.05, 0.1) is 6.04 Å². The lowest BCUT2D eigenvalue weighted by Gasteiger charge is -2.03. The molecule has 6 nitrogen and oxygen atoms in total. The van der Waals surface area contributed by atoms with Crippen LogP contribution in [0.2, 0.25) is 0 Å². The molecule has 0 aliphatic heterocycles. The van der Waals surface area contributed by atoms with Crippen LogP contribution < -0.4 is 5.73 Å². The molecular weight excluding hydrogens is 158 g/mol. The third kappa shape index (κ3) is 2.31. The van der Waals surface area contributed by atoms with E-state index in [2.05, 4.69) is 20.4 Å². The van der Waals surface area contributed by atoms with Crippen LogP contribution in [-0.4, -0.2) is 32.2 Å². The molecule has 0 aliphatic carbocycles. The number of carbonyl (C=O) groups is 1. The monoisotopic (exact) mass is 167 g/mol. The molecule has 0 saturated heterocycles. The molecule has 1 atom stereocenters. The highest BCUT2D eigenvalue weighted by molar-refractivity contribution is 5.81. The molecule has 64 valence electrons. The zero-order valence-electron chi connectivity index (χ0n) is 6.64. The molecule has 0 spiro atoms. The van der Waals surface area contributed by atoms with E-state index in [1.54, 1.807) is 0 Å². The maximum atomic E-state index is 10.7. The van der Waals surface area contributed by atoms with E-state index in [1.165, 1.54) is 13.3 Å². The van der Waals surface area contributed by atoms with Crippen molar-refractivity contribution in [1.29, 1.82) is 0 Å². The fraction of sp³-hybridized carbons (Fsp3) is 0.500. The standard InChI is InChI=1S/C6H9N5O/c1-4(12)5(7)2-6-10-8-3-9-11-6/h3,5H,2,7H2,1H3. The van der Waals surface area contributed by atoms with E-state index < -0.39 is 6.04 Å². The molecule has 0 fully saturated rings. The van der Waals surface area contributed by atoms with Gasteiger partial charge in [-0.25, -0.2) is 0 Å². The Morgan fingerprint density at radius 2 is 2.17 bits per heavy atom. The lowest BCUT2D eigenvalue weighted by Crippen LogP contribution is -2.31. The van der Waals surface area contributed by atoms with Crippen LogP contribution in [0.5, 0.6) is 0 Å². The van der Waals surface area contributed by atoms with Crippen LogP contribution in [-0.2, 0) is 11.2 Å². The molecule has 12 heavy (non-hydrogen) atoms. The number of Topliss-reactive ketones (excluding diaryl/α,β-unsaturated/α-hetero) is 1. The number of rotatable bonds is 3. The van der Waals surface area contributed by atoms with E-state index in [0.29, 0.717) is 5.82 Å². The highest BCUT2D eigenvalue weighted by Crippen LogP contribution is 1.91. The van der Waals surface area contributed by atoms with Gasteiger partial charge in [0.1, 0.15) is 5.78 Å². The minimum absolute atomic E-state index is 0.0950. The maximum Gasteiger partial charge on any atom is 0.175 e. The zero-order valence-corrected chi connectivity index (χ0v) is 6.64. The first kappa shape index (κ1) is 8.66. The number of nitrogens with two attached hydrogens (primary N) is 1. The minimum Gasteiger partial charge on any atom is -0.321 e. The molecule has 1 rings (SSSR count). The van der Waals surface area contributed by atoms with Crippen molar-refractivity contribution in [3.05, 3.63) is 12.2 Å². The van der Waals surface area contributed by atoms with Gasteiger partial charge in [-0.1, -0.05) is 0 Å². The molecule has 1 aromatic heterocycles. The summed E-state index contributed by atoms with van der Waals surface area (Å²) in [5, 5.41) is 14.3. The van der Waals surface area contributed by atoms with Gasteiger partial charge in [0.2, 0.25) is 0 Å². The fourth-order valence-corrected chi connectivity index (χ4v) is 0.650. The highest BCUT2D eigenvalue weighted by atomic mass is 16.1. The second-order valence-corrected chi connectivity index (χ2v) is 2.38. The molecule has 0 aliphatic rings. The van der Waals surface area contributed by atoms with Gasteiger partial charge in [0.15, 0.2) is 12.2 Å². The largest absolute Gasteiger partial charge is 0.321 e. The predicted octanol–water partition coefficient (Wildman–Crippen LogP) is -1.27. The van der Waals surface area contributed by atoms with Crippen molar-refractivity contribution in [2.24, 2.45) is 5.73 Å². The average molecular weight is 167 g/mol. The number of ketones is 1. The van der Waals surface area contributed by atoms with Crippen molar-refractivity contribution in [1.82, 2.24) is 20.4 Å². The molecule has 0 bridgehead atoms. The number of aromatic nitrogens is 4. The van der Waals surface area contributed by atoms with Crippen LogP contribution in [0.4, 0.5) is 0 Å². The van der Waals surface area contributed by atoms with Gasteiger partial charge in [0, 0.05) is 6.42 Å².